The van der Waals surface area contributed by atoms with E-state index in [1.165, 1.54) is 9.87 Å². The topological polar surface area (TPSA) is 63.4 Å². The van der Waals surface area contributed by atoms with Crippen molar-refractivity contribution in [2.45, 2.75) is 50.5 Å². The van der Waals surface area contributed by atoms with Gasteiger partial charge in [-0.15, -0.1) is 0 Å². The van der Waals surface area contributed by atoms with E-state index in [9.17, 15) is 8.42 Å². The van der Waals surface area contributed by atoms with Gasteiger partial charge in [0, 0.05) is 19.1 Å². The maximum atomic E-state index is 12.7. The molecule has 4 nitrogen and oxygen atoms in total. The Morgan fingerprint density at radius 3 is 2.43 bits per heavy atom. The summed E-state index contributed by atoms with van der Waals surface area (Å²) in [5.74, 6) is 0.757. The Labute approximate surface area is 128 Å². The molecule has 3 unspecified atom stereocenters. The van der Waals surface area contributed by atoms with Crippen molar-refractivity contribution in [3.05, 3.63) is 29.8 Å². The molecule has 0 aliphatic carbocycles. The molecule has 1 aromatic rings. The highest BCUT2D eigenvalue weighted by Gasteiger charge is 2.31. The third kappa shape index (κ3) is 3.65. The number of nitrogens with zero attached hydrogens (tertiary/aromatic N) is 1. The molecule has 0 bridgehead atoms. The fraction of sp³-hybridized carbons (Fsp3) is 0.625. The van der Waals surface area contributed by atoms with Gasteiger partial charge >= 0.3 is 0 Å². The molecule has 1 saturated heterocycles. The Morgan fingerprint density at radius 2 is 1.90 bits per heavy atom. The van der Waals surface area contributed by atoms with Crippen LogP contribution in [0.15, 0.2) is 29.2 Å². The third-order valence-electron chi connectivity index (χ3n) is 4.36. The first-order chi connectivity index (χ1) is 9.84. The molecule has 0 amide bonds. The summed E-state index contributed by atoms with van der Waals surface area (Å²) in [6, 6.07) is 7.23. The molecule has 118 valence electrons. The molecule has 1 aliphatic rings. The zero-order valence-electron chi connectivity index (χ0n) is 13.1. The number of hydrogen-bond acceptors (Lipinski definition) is 3. The summed E-state index contributed by atoms with van der Waals surface area (Å²) >= 11 is 0. The van der Waals surface area contributed by atoms with Crippen LogP contribution in [0.1, 0.15) is 45.1 Å². The molecule has 0 saturated carbocycles. The summed E-state index contributed by atoms with van der Waals surface area (Å²) in [7, 11) is -3.42. The second kappa shape index (κ2) is 6.46. The highest BCUT2D eigenvalue weighted by Crippen LogP contribution is 2.25. The van der Waals surface area contributed by atoms with Gasteiger partial charge in [-0.1, -0.05) is 32.9 Å². The van der Waals surface area contributed by atoms with Gasteiger partial charge in [0.1, 0.15) is 0 Å². The number of piperidine rings is 1. The lowest BCUT2D eigenvalue weighted by Crippen LogP contribution is -2.48. The van der Waals surface area contributed by atoms with Gasteiger partial charge in [0.2, 0.25) is 10.0 Å². The van der Waals surface area contributed by atoms with Crippen LogP contribution in [0, 0.1) is 5.92 Å². The minimum atomic E-state index is -3.42. The average molecular weight is 310 g/mol. The molecule has 1 fully saturated rings. The van der Waals surface area contributed by atoms with E-state index < -0.39 is 10.0 Å². The zero-order chi connectivity index (χ0) is 15.6. The fourth-order valence-electron chi connectivity index (χ4n) is 2.90. The maximum absolute atomic E-state index is 12.7. The summed E-state index contributed by atoms with van der Waals surface area (Å²) < 4.78 is 26.9. The van der Waals surface area contributed by atoms with Crippen molar-refractivity contribution in [1.29, 1.82) is 0 Å². The summed E-state index contributed by atoms with van der Waals surface area (Å²) in [6.07, 6.45) is 1.93. The predicted molar refractivity (Wildman–Crippen MR) is 85.7 cm³/mol. The minimum absolute atomic E-state index is 0.0667. The van der Waals surface area contributed by atoms with E-state index in [2.05, 4.69) is 13.8 Å². The summed E-state index contributed by atoms with van der Waals surface area (Å²) in [6.45, 7) is 7.30. The maximum Gasteiger partial charge on any atom is 0.243 e. The van der Waals surface area contributed by atoms with Crippen molar-refractivity contribution in [1.82, 2.24) is 4.31 Å². The van der Waals surface area contributed by atoms with Gasteiger partial charge in [-0.2, -0.15) is 4.31 Å². The first-order valence-corrected chi connectivity index (χ1v) is 9.14. The lowest BCUT2D eigenvalue weighted by atomic mass is 9.99. The van der Waals surface area contributed by atoms with Crippen LogP contribution in [-0.4, -0.2) is 31.9 Å². The summed E-state index contributed by atoms with van der Waals surface area (Å²) in [5.41, 5.74) is 7.15. The van der Waals surface area contributed by atoms with E-state index in [1.807, 2.05) is 19.1 Å². The Hall–Kier alpha value is -0.910. The number of nitrogens with two attached hydrogens (primary N) is 1. The molecule has 3 atom stereocenters. The van der Waals surface area contributed by atoms with Crippen LogP contribution in [0.2, 0.25) is 0 Å². The quantitative estimate of drug-likeness (QED) is 0.929. The molecule has 1 aliphatic heterocycles. The molecule has 1 aromatic carbocycles. The van der Waals surface area contributed by atoms with Crippen molar-refractivity contribution in [2.24, 2.45) is 11.7 Å². The lowest BCUT2D eigenvalue weighted by molar-refractivity contribution is 0.254. The van der Waals surface area contributed by atoms with Crippen LogP contribution < -0.4 is 5.73 Å². The smallest absolute Gasteiger partial charge is 0.243 e. The minimum Gasteiger partial charge on any atom is -0.326 e. The van der Waals surface area contributed by atoms with Crippen LogP contribution in [0.3, 0.4) is 0 Å². The van der Waals surface area contributed by atoms with Crippen LogP contribution in [-0.2, 0) is 10.0 Å². The van der Waals surface area contributed by atoms with Gasteiger partial charge in [-0.3, -0.25) is 0 Å². The number of hydrogen-bond donors (Lipinski definition) is 1. The van der Waals surface area contributed by atoms with Crippen LogP contribution >= 0.6 is 0 Å². The van der Waals surface area contributed by atoms with E-state index in [0.717, 1.165) is 12.8 Å². The zero-order valence-corrected chi connectivity index (χ0v) is 13.9. The van der Waals surface area contributed by atoms with E-state index in [1.54, 1.807) is 12.1 Å². The lowest BCUT2D eigenvalue weighted by Gasteiger charge is -2.33. The Morgan fingerprint density at radius 1 is 1.29 bits per heavy atom. The molecule has 0 radical (unpaired) electrons. The van der Waals surface area contributed by atoms with Crippen molar-refractivity contribution in [3.63, 3.8) is 0 Å². The molecule has 21 heavy (non-hydrogen) atoms. The van der Waals surface area contributed by atoms with E-state index in [0.29, 0.717) is 29.8 Å². The van der Waals surface area contributed by atoms with E-state index in [4.69, 9.17) is 5.73 Å². The first-order valence-electron chi connectivity index (χ1n) is 7.70. The van der Waals surface area contributed by atoms with Crippen molar-refractivity contribution in [2.75, 3.05) is 13.1 Å². The highest BCUT2D eigenvalue weighted by atomic mass is 32.2. The largest absolute Gasteiger partial charge is 0.326 e. The number of sulfonamides is 1. The van der Waals surface area contributed by atoms with Crippen molar-refractivity contribution in [3.8, 4) is 0 Å². The van der Waals surface area contributed by atoms with Gasteiger partial charge in [0.05, 0.1) is 4.90 Å². The Balaban J connectivity index is 2.23. The average Bonchev–Trinajstić information content (AvgIpc) is 2.45. The SMILES string of the molecule is CCC(C)c1ccc(S(=O)(=O)N2CC(C)CC(N)C2)cc1. The molecule has 5 heteroatoms. The molecular weight excluding hydrogens is 284 g/mol. The monoisotopic (exact) mass is 310 g/mol. The van der Waals surface area contributed by atoms with Gasteiger partial charge in [-0.05, 0) is 42.4 Å². The molecule has 0 aromatic heterocycles. The van der Waals surface area contributed by atoms with E-state index in [-0.39, 0.29) is 6.04 Å². The summed E-state index contributed by atoms with van der Waals surface area (Å²) in [4.78, 5) is 0.371. The Bertz CT molecular complexity index is 558. The second-order valence-electron chi connectivity index (χ2n) is 6.30. The van der Waals surface area contributed by atoms with Crippen molar-refractivity contribution < 1.29 is 8.42 Å². The van der Waals surface area contributed by atoms with Gasteiger partial charge in [0.25, 0.3) is 0 Å². The van der Waals surface area contributed by atoms with Gasteiger partial charge in [0.15, 0.2) is 0 Å². The Kier molecular flexibility index (Phi) is 5.07. The summed E-state index contributed by atoms with van der Waals surface area (Å²) in [5, 5.41) is 0. The molecule has 0 spiro atoms. The molecular formula is C16H26N2O2S. The molecule has 2 N–H and O–H groups in total. The van der Waals surface area contributed by atoms with Crippen LogP contribution in [0.4, 0.5) is 0 Å². The van der Waals surface area contributed by atoms with Gasteiger partial charge < -0.3 is 5.73 Å². The van der Waals surface area contributed by atoms with Crippen molar-refractivity contribution >= 4 is 10.0 Å². The number of rotatable bonds is 4. The van der Waals surface area contributed by atoms with E-state index >= 15 is 0 Å². The highest BCUT2D eigenvalue weighted by molar-refractivity contribution is 7.89. The molecule has 2 rings (SSSR count). The number of benzene rings is 1. The molecule has 1 heterocycles. The predicted octanol–water partition coefficient (Wildman–Crippen LogP) is 2.56. The van der Waals surface area contributed by atoms with Gasteiger partial charge in [-0.25, -0.2) is 8.42 Å². The third-order valence-corrected chi connectivity index (χ3v) is 6.20. The standard InChI is InChI=1S/C16H26N2O2S/c1-4-13(3)14-5-7-16(8-6-14)21(19,20)18-10-12(2)9-15(17)11-18/h5-8,12-13,15H,4,9-11,17H2,1-3H3. The van der Waals surface area contributed by atoms with Crippen LogP contribution in [0.25, 0.3) is 0 Å². The fourth-order valence-corrected chi connectivity index (χ4v) is 4.52. The second-order valence-corrected chi connectivity index (χ2v) is 8.24. The normalized spacial score (nSPS) is 25.7. The first kappa shape index (κ1) is 16.5. The van der Waals surface area contributed by atoms with Crippen LogP contribution in [0.5, 0.6) is 0 Å².